The second-order valence-electron chi connectivity index (χ2n) is 7.78. The first-order valence-corrected chi connectivity index (χ1v) is 9.91. The first-order chi connectivity index (χ1) is 15.1. The van der Waals surface area contributed by atoms with Crippen molar-refractivity contribution in [3.63, 3.8) is 0 Å². The third kappa shape index (κ3) is 4.73. The summed E-state index contributed by atoms with van der Waals surface area (Å²) in [4.78, 5) is 12.0. The summed E-state index contributed by atoms with van der Waals surface area (Å²) < 4.78 is 26.8. The summed E-state index contributed by atoms with van der Waals surface area (Å²) in [6.07, 6.45) is -10.4. The SMILES string of the molecule is COC(=O)c1cc(OC2OC(CO)C(O)C(O)C2OC2OCC(O)(CO)C2O)ccc1C. The number of carbonyl (C=O) groups excluding carboxylic acids is 1. The predicted molar refractivity (Wildman–Crippen MR) is 104 cm³/mol. The molecule has 2 aliphatic heterocycles. The minimum atomic E-state index is -1.97. The Morgan fingerprint density at radius 3 is 2.50 bits per heavy atom. The number of ether oxygens (including phenoxy) is 5. The molecule has 0 saturated carbocycles. The van der Waals surface area contributed by atoms with Gasteiger partial charge >= 0.3 is 5.97 Å². The van der Waals surface area contributed by atoms with E-state index in [9.17, 15) is 35.4 Å². The highest BCUT2D eigenvalue weighted by atomic mass is 16.8. The maximum absolute atomic E-state index is 12.0. The van der Waals surface area contributed by atoms with Crippen molar-refractivity contribution in [2.75, 3.05) is 26.9 Å². The van der Waals surface area contributed by atoms with Crippen LogP contribution in [0, 0.1) is 6.92 Å². The van der Waals surface area contributed by atoms with Crippen LogP contribution in [-0.2, 0) is 18.9 Å². The number of carbonyl (C=O) groups is 1. The van der Waals surface area contributed by atoms with Crippen LogP contribution in [0.4, 0.5) is 0 Å². The Kier molecular flexibility index (Phi) is 7.70. The van der Waals surface area contributed by atoms with Gasteiger partial charge in [-0.25, -0.2) is 4.79 Å². The fourth-order valence-corrected chi connectivity index (χ4v) is 3.50. The van der Waals surface area contributed by atoms with Crippen molar-refractivity contribution in [2.45, 2.75) is 55.6 Å². The Hall–Kier alpha value is -1.87. The molecule has 2 heterocycles. The Morgan fingerprint density at radius 1 is 1.19 bits per heavy atom. The summed E-state index contributed by atoms with van der Waals surface area (Å²) in [5.74, 6) is -0.464. The van der Waals surface area contributed by atoms with Crippen LogP contribution < -0.4 is 4.74 Å². The van der Waals surface area contributed by atoms with Gasteiger partial charge in [0.1, 0.15) is 35.8 Å². The van der Waals surface area contributed by atoms with Gasteiger partial charge in [-0.15, -0.1) is 0 Å². The molecule has 0 radical (unpaired) electrons. The van der Waals surface area contributed by atoms with Crippen molar-refractivity contribution in [2.24, 2.45) is 0 Å². The van der Waals surface area contributed by atoms with E-state index >= 15 is 0 Å². The zero-order valence-corrected chi connectivity index (χ0v) is 17.5. The lowest BCUT2D eigenvalue weighted by Gasteiger charge is -2.42. The molecule has 8 atom stereocenters. The zero-order chi connectivity index (χ0) is 23.6. The molecule has 0 aliphatic carbocycles. The number of aryl methyl sites for hydroxylation is 1. The van der Waals surface area contributed by atoms with E-state index in [0.717, 1.165) is 0 Å². The standard InChI is InChI=1S/C20H28O12/c1-9-3-4-10(5-11(9)17(26)28-2)30-18-15(14(24)13(23)12(6-21)31-18)32-19-16(25)20(27,7-22)8-29-19/h3-5,12-16,18-19,21-25,27H,6-8H2,1-2H3. The van der Waals surface area contributed by atoms with E-state index < -0.39 is 74.5 Å². The van der Waals surface area contributed by atoms with Crippen LogP contribution in [0.15, 0.2) is 18.2 Å². The zero-order valence-electron chi connectivity index (χ0n) is 17.5. The van der Waals surface area contributed by atoms with Gasteiger partial charge in [-0.05, 0) is 24.6 Å². The molecule has 6 N–H and O–H groups in total. The van der Waals surface area contributed by atoms with Gasteiger partial charge in [-0.2, -0.15) is 0 Å². The summed E-state index contributed by atoms with van der Waals surface area (Å²) in [7, 11) is 1.23. The lowest BCUT2D eigenvalue weighted by atomic mass is 9.98. The van der Waals surface area contributed by atoms with Crippen molar-refractivity contribution < 1.29 is 59.1 Å². The lowest BCUT2D eigenvalue weighted by molar-refractivity contribution is -0.318. The highest BCUT2D eigenvalue weighted by Gasteiger charge is 2.53. The van der Waals surface area contributed by atoms with Crippen LogP contribution in [0.1, 0.15) is 15.9 Å². The van der Waals surface area contributed by atoms with E-state index in [2.05, 4.69) is 0 Å². The van der Waals surface area contributed by atoms with Crippen molar-refractivity contribution >= 4 is 5.97 Å². The van der Waals surface area contributed by atoms with E-state index in [-0.39, 0.29) is 11.3 Å². The van der Waals surface area contributed by atoms with E-state index in [1.54, 1.807) is 13.0 Å². The van der Waals surface area contributed by atoms with Crippen molar-refractivity contribution in [1.82, 2.24) is 0 Å². The largest absolute Gasteiger partial charge is 0.465 e. The monoisotopic (exact) mass is 460 g/mol. The number of methoxy groups -OCH3 is 1. The molecule has 180 valence electrons. The Morgan fingerprint density at radius 2 is 1.91 bits per heavy atom. The molecule has 0 amide bonds. The molecular formula is C20H28O12. The number of benzene rings is 1. The average Bonchev–Trinajstić information content (AvgIpc) is 3.08. The predicted octanol–water partition coefficient (Wildman–Crippen LogP) is -2.57. The molecule has 8 unspecified atom stereocenters. The maximum atomic E-state index is 12.0. The molecule has 2 aliphatic rings. The van der Waals surface area contributed by atoms with E-state index in [0.29, 0.717) is 5.56 Å². The van der Waals surface area contributed by atoms with Crippen LogP contribution >= 0.6 is 0 Å². The van der Waals surface area contributed by atoms with Gasteiger partial charge in [0.25, 0.3) is 0 Å². The second-order valence-corrected chi connectivity index (χ2v) is 7.78. The van der Waals surface area contributed by atoms with Gasteiger partial charge in [-0.1, -0.05) is 6.07 Å². The molecule has 0 aromatic heterocycles. The van der Waals surface area contributed by atoms with Crippen molar-refractivity contribution in [3.05, 3.63) is 29.3 Å². The van der Waals surface area contributed by atoms with Gasteiger partial charge in [0.15, 0.2) is 12.4 Å². The first kappa shape index (κ1) is 24.8. The summed E-state index contributed by atoms with van der Waals surface area (Å²) in [6.45, 7) is -0.180. The molecule has 3 rings (SSSR count). The van der Waals surface area contributed by atoms with Gasteiger partial charge in [0.2, 0.25) is 6.29 Å². The van der Waals surface area contributed by atoms with E-state index in [4.69, 9.17) is 23.7 Å². The molecule has 12 heteroatoms. The van der Waals surface area contributed by atoms with Gasteiger partial charge in [0, 0.05) is 0 Å². The minimum absolute atomic E-state index is 0.134. The third-order valence-corrected chi connectivity index (χ3v) is 5.56. The highest BCUT2D eigenvalue weighted by molar-refractivity contribution is 5.91. The Bertz CT molecular complexity index is 803. The molecule has 2 fully saturated rings. The van der Waals surface area contributed by atoms with Crippen LogP contribution in [-0.4, -0.2) is 112 Å². The van der Waals surface area contributed by atoms with Gasteiger partial charge < -0.3 is 54.3 Å². The van der Waals surface area contributed by atoms with Crippen LogP contribution in [0.25, 0.3) is 0 Å². The van der Waals surface area contributed by atoms with E-state index in [1.807, 2.05) is 0 Å². The maximum Gasteiger partial charge on any atom is 0.338 e. The van der Waals surface area contributed by atoms with Crippen molar-refractivity contribution in [1.29, 1.82) is 0 Å². The molecular weight excluding hydrogens is 432 g/mol. The van der Waals surface area contributed by atoms with Crippen molar-refractivity contribution in [3.8, 4) is 5.75 Å². The van der Waals surface area contributed by atoms with Crippen LogP contribution in [0.2, 0.25) is 0 Å². The third-order valence-electron chi connectivity index (χ3n) is 5.56. The molecule has 0 spiro atoms. The normalized spacial score (nSPS) is 37.3. The number of hydrogen-bond donors (Lipinski definition) is 6. The minimum Gasteiger partial charge on any atom is -0.465 e. The summed E-state index contributed by atoms with van der Waals surface area (Å²) >= 11 is 0. The summed E-state index contributed by atoms with van der Waals surface area (Å²) in [6, 6.07) is 4.51. The quantitative estimate of drug-likeness (QED) is 0.234. The van der Waals surface area contributed by atoms with Crippen LogP contribution in [0.3, 0.4) is 0 Å². The summed E-state index contributed by atoms with van der Waals surface area (Å²) in [5.41, 5.74) is -1.13. The number of aliphatic hydroxyl groups excluding tert-OH is 5. The lowest BCUT2D eigenvalue weighted by Crippen LogP contribution is -2.62. The number of esters is 1. The summed E-state index contributed by atoms with van der Waals surface area (Å²) in [5, 5.41) is 60.0. The molecule has 0 bridgehead atoms. The number of aliphatic hydroxyl groups is 6. The molecule has 1 aromatic carbocycles. The molecule has 1 aromatic rings. The first-order valence-electron chi connectivity index (χ1n) is 9.91. The highest BCUT2D eigenvalue weighted by Crippen LogP contribution is 2.32. The molecule has 2 saturated heterocycles. The van der Waals surface area contributed by atoms with Gasteiger partial charge in [0.05, 0.1) is 32.5 Å². The Balaban J connectivity index is 1.85. The number of hydrogen-bond acceptors (Lipinski definition) is 12. The number of rotatable bonds is 7. The Labute approximate surface area is 183 Å². The fraction of sp³-hybridized carbons (Fsp3) is 0.650. The van der Waals surface area contributed by atoms with Crippen LogP contribution in [0.5, 0.6) is 5.75 Å². The fourth-order valence-electron chi connectivity index (χ4n) is 3.50. The second kappa shape index (κ2) is 9.95. The topological polar surface area (TPSA) is 185 Å². The average molecular weight is 460 g/mol. The molecule has 12 nitrogen and oxygen atoms in total. The smallest absolute Gasteiger partial charge is 0.338 e. The van der Waals surface area contributed by atoms with Gasteiger partial charge in [-0.3, -0.25) is 0 Å². The van der Waals surface area contributed by atoms with E-state index in [1.165, 1.54) is 19.2 Å². The molecule has 32 heavy (non-hydrogen) atoms.